The minimum Gasteiger partial charge on any atom is -0.338 e. The van der Waals surface area contributed by atoms with Gasteiger partial charge in [0.1, 0.15) is 0 Å². The maximum atomic E-state index is 12.3. The van der Waals surface area contributed by atoms with Gasteiger partial charge in [0.25, 0.3) is 5.91 Å². The van der Waals surface area contributed by atoms with Gasteiger partial charge >= 0.3 is 0 Å². The van der Waals surface area contributed by atoms with Crippen LogP contribution in [0.4, 0.5) is 0 Å². The second kappa shape index (κ2) is 5.81. The minimum atomic E-state index is 0.148. The maximum absolute atomic E-state index is 12.3. The van der Waals surface area contributed by atoms with Gasteiger partial charge in [0.2, 0.25) is 0 Å². The molecule has 0 saturated carbocycles. The molecule has 0 aliphatic carbocycles. The normalized spacial score (nSPS) is 24.9. The Hall–Kier alpha value is -0.580. The number of carbonyl (C=O) groups is 1. The van der Waals surface area contributed by atoms with Gasteiger partial charge < -0.3 is 10.2 Å². The molecule has 2 saturated heterocycles. The molecule has 1 amide bonds. The second-order valence-corrected chi connectivity index (χ2v) is 7.15. The molecule has 0 spiro atoms. The van der Waals surface area contributed by atoms with Crippen molar-refractivity contribution in [2.75, 3.05) is 19.6 Å². The third-order valence-electron chi connectivity index (χ3n) is 4.28. The van der Waals surface area contributed by atoms with Crippen LogP contribution in [-0.2, 0) is 0 Å². The third kappa shape index (κ3) is 2.96. The number of halogens is 1. The number of nitrogens with zero attached hydrogens (tertiary/aromatic N) is 1. The highest BCUT2D eigenvalue weighted by molar-refractivity contribution is 7.17. The molecule has 3 nitrogen and oxygen atoms in total. The van der Waals surface area contributed by atoms with Gasteiger partial charge in [-0.25, -0.2) is 0 Å². The van der Waals surface area contributed by atoms with E-state index in [-0.39, 0.29) is 5.91 Å². The number of nitrogens with one attached hydrogen (secondary N) is 1. The van der Waals surface area contributed by atoms with Crippen LogP contribution in [0.1, 0.15) is 35.4 Å². The van der Waals surface area contributed by atoms with Crippen molar-refractivity contribution in [1.82, 2.24) is 10.2 Å². The number of piperidine rings is 1. The van der Waals surface area contributed by atoms with E-state index in [0.717, 1.165) is 43.3 Å². The van der Waals surface area contributed by atoms with Crippen molar-refractivity contribution in [1.29, 1.82) is 0 Å². The SMILES string of the molecule is O=C(c1ccc(Cl)s1)N1CCC(C2CCCN2)CC1. The third-order valence-corrected chi connectivity index (χ3v) is 5.50. The van der Waals surface area contributed by atoms with E-state index >= 15 is 0 Å². The summed E-state index contributed by atoms with van der Waals surface area (Å²) in [4.78, 5) is 15.0. The zero-order valence-corrected chi connectivity index (χ0v) is 12.5. The van der Waals surface area contributed by atoms with Gasteiger partial charge in [0, 0.05) is 19.1 Å². The molecule has 2 aliphatic rings. The van der Waals surface area contributed by atoms with Crippen molar-refractivity contribution in [3.8, 4) is 0 Å². The summed E-state index contributed by atoms with van der Waals surface area (Å²) in [5, 5.41) is 3.59. The van der Waals surface area contributed by atoms with Crippen molar-refractivity contribution >= 4 is 28.8 Å². The van der Waals surface area contributed by atoms with Crippen LogP contribution in [0, 0.1) is 5.92 Å². The predicted molar refractivity (Wildman–Crippen MR) is 79.0 cm³/mol. The predicted octanol–water partition coefficient (Wildman–Crippen LogP) is 3.01. The van der Waals surface area contributed by atoms with Gasteiger partial charge in [-0.1, -0.05) is 11.6 Å². The Morgan fingerprint density at radius 2 is 2.11 bits per heavy atom. The summed E-state index contributed by atoms with van der Waals surface area (Å²) in [5.74, 6) is 0.896. The number of carbonyl (C=O) groups excluding carboxylic acids is 1. The number of hydrogen-bond acceptors (Lipinski definition) is 3. The Kier molecular flexibility index (Phi) is 4.10. The first kappa shape index (κ1) is 13.4. The quantitative estimate of drug-likeness (QED) is 0.910. The molecular weight excluding hydrogens is 280 g/mol. The summed E-state index contributed by atoms with van der Waals surface area (Å²) in [6.45, 7) is 2.94. The summed E-state index contributed by atoms with van der Waals surface area (Å²) in [5.41, 5.74) is 0. The van der Waals surface area contributed by atoms with Gasteiger partial charge in [-0.3, -0.25) is 4.79 Å². The topological polar surface area (TPSA) is 32.3 Å². The van der Waals surface area contributed by atoms with Crippen LogP contribution >= 0.6 is 22.9 Å². The van der Waals surface area contributed by atoms with Crippen molar-refractivity contribution in [2.45, 2.75) is 31.7 Å². The van der Waals surface area contributed by atoms with E-state index in [9.17, 15) is 4.79 Å². The number of rotatable bonds is 2. The van der Waals surface area contributed by atoms with Crippen LogP contribution in [-0.4, -0.2) is 36.5 Å². The highest BCUT2D eigenvalue weighted by Gasteiger charge is 2.30. The molecule has 1 atom stereocenters. The summed E-state index contributed by atoms with van der Waals surface area (Å²) in [6, 6.07) is 4.32. The number of thiophene rings is 1. The Bertz CT molecular complexity index is 448. The van der Waals surface area contributed by atoms with E-state index in [1.807, 2.05) is 11.0 Å². The zero-order valence-electron chi connectivity index (χ0n) is 10.9. The Morgan fingerprint density at radius 1 is 1.32 bits per heavy atom. The van der Waals surface area contributed by atoms with Crippen molar-refractivity contribution in [3.63, 3.8) is 0 Å². The molecule has 0 bridgehead atoms. The molecule has 0 radical (unpaired) electrons. The average molecular weight is 299 g/mol. The van der Waals surface area contributed by atoms with Crippen LogP contribution in [0.15, 0.2) is 12.1 Å². The fourth-order valence-corrected chi connectivity index (χ4v) is 4.21. The highest BCUT2D eigenvalue weighted by atomic mass is 35.5. The summed E-state index contributed by atoms with van der Waals surface area (Å²) in [6.07, 6.45) is 4.86. The van der Waals surface area contributed by atoms with Crippen molar-refractivity contribution in [2.24, 2.45) is 5.92 Å². The Morgan fingerprint density at radius 3 is 2.68 bits per heavy atom. The molecule has 1 aromatic rings. The molecule has 2 aliphatic heterocycles. The fourth-order valence-electron chi connectivity index (χ4n) is 3.20. The lowest BCUT2D eigenvalue weighted by Crippen LogP contribution is -2.43. The Labute approximate surface area is 122 Å². The van der Waals surface area contributed by atoms with E-state index in [0.29, 0.717) is 10.4 Å². The molecule has 0 aromatic carbocycles. The number of hydrogen-bond donors (Lipinski definition) is 1. The lowest BCUT2D eigenvalue weighted by atomic mass is 9.88. The number of likely N-dealkylation sites (tertiary alicyclic amines) is 1. The molecule has 3 heterocycles. The van der Waals surface area contributed by atoms with E-state index in [4.69, 9.17) is 11.6 Å². The van der Waals surface area contributed by atoms with Crippen molar-refractivity contribution in [3.05, 3.63) is 21.3 Å². The first-order valence-corrected chi connectivity index (χ1v) is 8.21. The summed E-state index contributed by atoms with van der Waals surface area (Å²) < 4.78 is 0.688. The van der Waals surface area contributed by atoms with Gasteiger partial charge in [-0.2, -0.15) is 0 Å². The molecule has 3 rings (SSSR count). The monoisotopic (exact) mass is 298 g/mol. The summed E-state index contributed by atoms with van der Waals surface area (Å²) >= 11 is 7.27. The zero-order chi connectivity index (χ0) is 13.2. The molecule has 19 heavy (non-hydrogen) atoms. The van der Waals surface area contributed by atoms with Gasteiger partial charge in [0.05, 0.1) is 9.21 Å². The van der Waals surface area contributed by atoms with Crippen LogP contribution in [0.5, 0.6) is 0 Å². The average Bonchev–Trinajstić information content (AvgIpc) is 3.09. The van der Waals surface area contributed by atoms with E-state index in [1.165, 1.54) is 24.2 Å². The summed E-state index contributed by atoms with van der Waals surface area (Å²) in [7, 11) is 0. The Balaban J connectivity index is 1.56. The van der Waals surface area contributed by atoms with Crippen LogP contribution < -0.4 is 5.32 Å². The smallest absolute Gasteiger partial charge is 0.263 e. The maximum Gasteiger partial charge on any atom is 0.263 e. The van der Waals surface area contributed by atoms with Gasteiger partial charge in [-0.05, 0) is 50.3 Å². The molecule has 2 fully saturated rings. The minimum absolute atomic E-state index is 0.148. The van der Waals surface area contributed by atoms with E-state index in [1.54, 1.807) is 6.07 Å². The van der Waals surface area contributed by atoms with Crippen LogP contribution in [0.2, 0.25) is 4.34 Å². The molecule has 1 aromatic heterocycles. The van der Waals surface area contributed by atoms with E-state index in [2.05, 4.69) is 5.32 Å². The highest BCUT2D eigenvalue weighted by Crippen LogP contribution is 2.28. The van der Waals surface area contributed by atoms with Crippen LogP contribution in [0.3, 0.4) is 0 Å². The van der Waals surface area contributed by atoms with Gasteiger partial charge in [-0.15, -0.1) is 11.3 Å². The number of amides is 1. The molecule has 104 valence electrons. The second-order valence-electron chi connectivity index (χ2n) is 5.44. The lowest BCUT2D eigenvalue weighted by molar-refractivity contribution is 0.0679. The molecule has 5 heteroatoms. The molecular formula is C14H19ClN2OS. The van der Waals surface area contributed by atoms with Crippen LogP contribution in [0.25, 0.3) is 0 Å². The van der Waals surface area contributed by atoms with E-state index < -0.39 is 0 Å². The standard InChI is InChI=1S/C14H19ClN2OS/c15-13-4-3-12(19-13)14(18)17-8-5-10(6-9-17)11-2-1-7-16-11/h3-4,10-11,16H,1-2,5-9H2. The van der Waals surface area contributed by atoms with Gasteiger partial charge in [0.15, 0.2) is 0 Å². The van der Waals surface area contributed by atoms with Crippen molar-refractivity contribution < 1.29 is 4.79 Å². The molecule has 1 N–H and O–H groups in total. The lowest BCUT2D eigenvalue weighted by Gasteiger charge is -2.34. The largest absolute Gasteiger partial charge is 0.338 e. The fraction of sp³-hybridized carbons (Fsp3) is 0.643. The first-order chi connectivity index (χ1) is 9.24. The molecule has 1 unspecified atom stereocenters. The first-order valence-electron chi connectivity index (χ1n) is 7.02.